The number of hydrogen-bond donors (Lipinski definition) is 2. The fourth-order valence-corrected chi connectivity index (χ4v) is 2.33. The standard InChI is InChI=1S/C18H22N2O/c1-13(2)15-10-6-7-11-17(15)20-18(21)12-16(19)14-8-4-3-5-9-14/h3-11,13,16H,12,19H2,1-2H3,(H,20,21). The number of benzene rings is 2. The van der Waals surface area contributed by atoms with Gasteiger partial charge in [0.25, 0.3) is 0 Å². The molecule has 1 atom stereocenters. The van der Waals surface area contributed by atoms with Crippen molar-refractivity contribution in [3.05, 3.63) is 65.7 Å². The van der Waals surface area contributed by atoms with Crippen LogP contribution in [-0.2, 0) is 4.79 Å². The first kappa shape index (κ1) is 15.3. The van der Waals surface area contributed by atoms with Crippen molar-refractivity contribution in [3.63, 3.8) is 0 Å². The lowest BCUT2D eigenvalue weighted by Crippen LogP contribution is -2.21. The molecule has 0 radical (unpaired) electrons. The summed E-state index contributed by atoms with van der Waals surface area (Å²) in [7, 11) is 0. The summed E-state index contributed by atoms with van der Waals surface area (Å²) in [6, 6.07) is 17.3. The Bertz CT molecular complexity index is 593. The molecular formula is C18H22N2O. The average Bonchev–Trinajstić information content (AvgIpc) is 2.48. The molecule has 1 unspecified atom stereocenters. The molecule has 2 aromatic carbocycles. The molecule has 0 heterocycles. The second kappa shape index (κ2) is 7.04. The maximum atomic E-state index is 12.2. The van der Waals surface area contributed by atoms with Gasteiger partial charge in [-0.05, 0) is 23.1 Å². The Morgan fingerprint density at radius 2 is 1.67 bits per heavy atom. The molecule has 3 nitrogen and oxygen atoms in total. The van der Waals surface area contributed by atoms with E-state index in [1.54, 1.807) is 0 Å². The molecule has 2 aromatic rings. The average molecular weight is 282 g/mol. The fraction of sp³-hybridized carbons (Fsp3) is 0.278. The van der Waals surface area contributed by atoms with Gasteiger partial charge in [-0.25, -0.2) is 0 Å². The predicted molar refractivity (Wildman–Crippen MR) is 87.1 cm³/mol. The molecule has 3 heteroatoms. The summed E-state index contributed by atoms with van der Waals surface area (Å²) < 4.78 is 0. The Labute approximate surface area is 126 Å². The highest BCUT2D eigenvalue weighted by Gasteiger charge is 2.13. The number of para-hydroxylation sites is 1. The first-order chi connectivity index (χ1) is 10.1. The minimum absolute atomic E-state index is 0.0561. The van der Waals surface area contributed by atoms with Crippen molar-refractivity contribution in [3.8, 4) is 0 Å². The van der Waals surface area contributed by atoms with Crippen LogP contribution in [0.25, 0.3) is 0 Å². The molecule has 0 aromatic heterocycles. The molecule has 3 N–H and O–H groups in total. The summed E-state index contributed by atoms with van der Waals surface area (Å²) in [5, 5.41) is 2.97. The van der Waals surface area contributed by atoms with Crippen molar-refractivity contribution in [1.82, 2.24) is 0 Å². The van der Waals surface area contributed by atoms with Gasteiger partial charge in [-0.1, -0.05) is 62.4 Å². The van der Waals surface area contributed by atoms with Gasteiger partial charge >= 0.3 is 0 Å². The van der Waals surface area contributed by atoms with Crippen molar-refractivity contribution in [2.24, 2.45) is 5.73 Å². The Morgan fingerprint density at radius 3 is 2.33 bits per heavy atom. The molecule has 21 heavy (non-hydrogen) atoms. The van der Waals surface area contributed by atoms with E-state index in [0.717, 1.165) is 16.8 Å². The summed E-state index contributed by atoms with van der Waals surface area (Å²) in [6.07, 6.45) is 0.274. The van der Waals surface area contributed by atoms with Crippen molar-refractivity contribution < 1.29 is 4.79 Å². The van der Waals surface area contributed by atoms with E-state index in [2.05, 4.69) is 19.2 Å². The summed E-state index contributed by atoms with van der Waals surface area (Å²) in [6.45, 7) is 4.22. The van der Waals surface area contributed by atoms with Crippen LogP contribution in [0.2, 0.25) is 0 Å². The monoisotopic (exact) mass is 282 g/mol. The summed E-state index contributed by atoms with van der Waals surface area (Å²) in [4.78, 5) is 12.2. The van der Waals surface area contributed by atoms with Crippen LogP contribution in [0.4, 0.5) is 5.69 Å². The number of nitrogens with one attached hydrogen (secondary N) is 1. The van der Waals surface area contributed by atoms with Crippen LogP contribution in [0.15, 0.2) is 54.6 Å². The molecular weight excluding hydrogens is 260 g/mol. The Balaban J connectivity index is 2.02. The van der Waals surface area contributed by atoms with Crippen molar-refractivity contribution in [1.29, 1.82) is 0 Å². The Hall–Kier alpha value is -2.13. The van der Waals surface area contributed by atoms with E-state index < -0.39 is 0 Å². The number of rotatable bonds is 5. The molecule has 110 valence electrons. The van der Waals surface area contributed by atoms with Gasteiger partial charge in [0.15, 0.2) is 0 Å². The van der Waals surface area contributed by atoms with Gasteiger partial charge < -0.3 is 11.1 Å². The maximum absolute atomic E-state index is 12.2. The van der Waals surface area contributed by atoms with Crippen LogP contribution < -0.4 is 11.1 Å². The molecule has 0 aliphatic heterocycles. The van der Waals surface area contributed by atoms with E-state index >= 15 is 0 Å². The lowest BCUT2D eigenvalue weighted by Gasteiger charge is -2.15. The second-order valence-corrected chi connectivity index (χ2v) is 5.51. The van der Waals surface area contributed by atoms with Gasteiger partial charge in [0.05, 0.1) is 0 Å². The van der Waals surface area contributed by atoms with Crippen molar-refractivity contribution in [2.45, 2.75) is 32.2 Å². The van der Waals surface area contributed by atoms with Gasteiger partial charge in [-0.2, -0.15) is 0 Å². The van der Waals surface area contributed by atoms with Crippen LogP contribution in [-0.4, -0.2) is 5.91 Å². The second-order valence-electron chi connectivity index (χ2n) is 5.51. The molecule has 0 saturated heterocycles. The number of hydrogen-bond acceptors (Lipinski definition) is 2. The molecule has 2 rings (SSSR count). The van der Waals surface area contributed by atoms with Crippen LogP contribution in [0, 0.1) is 0 Å². The highest BCUT2D eigenvalue weighted by Crippen LogP contribution is 2.24. The summed E-state index contributed by atoms with van der Waals surface area (Å²) >= 11 is 0. The molecule has 0 aliphatic rings. The van der Waals surface area contributed by atoms with Gasteiger partial charge in [0.1, 0.15) is 0 Å². The SMILES string of the molecule is CC(C)c1ccccc1NC(=O)CC(N)c1ccccc1. The Morgan fingerprint density at radius 1 is 1.05 bits per heavy atom. The van der Waals surface area contributed by atoms with Crippen LogP contribution in [0.5, 0.6) is 0 Å². The molecule has 0 aliphatic carbocycles. The van der Waals surface area contributed by atoms with E-state index in [0.29, 0.717) is 5.92 Å². The quantitative estimate of drug-likeness (QED) is 0.875. The zero-order chi connectivity index (χ0) is 15.2. The summed E-state index contributed by atoms with van der Waals surface area (Å²) in [5.41, 5.74) is 9.07. The largest absolute Gasteiger partial charge is 0.326 e. The number of carbonyl (C=O) groups excluding carboxylic acids is 1. The normalized spacial score (nSPS) is 12.2. The molecule has 0 bridgehead atoms. The molecule has 0 fully saturated rings. The van der Waals surface area contributed by atoms with E-state index in [1.807, 2.05) is 54.6 Å². The third kappa shape index (κ3) is 4.17. The fourth-order valence-electron chi connectivity index (χ4n) is 2.33. The van der Waals surface area contributed by atoms with Crippen molar-refractivity contribution in [2.75, 3.05) is 5.32 Å². The summed E-state index contributed by atoms with van der Waals surface area (Å²) in [5.74, 6) is 0.309. The third-order valence-electron chi connectivity index (χ3n) is 3.49. The topological polar surface area (TPSA) is 55.1 Å². The zero-order valence-corrected chi connectivity index (χ0v) is 12.5. The first-order valence-corrected chi connectivity index (χ1v) is 7.27. The minimum Gasteiger partial charge on any atom is -0.326 e. The number of nitrogens with two attached hydrogens (primary N) is 1. The van der Waals surface area contributed by atoms with E-state index in [4.69, 9.17) is 5.73 Å². The van der Waals surface area contributed by atoms with Crippen LogP contribution in [0.1, 0.15) is 43.4 Å². The van der Waals surface area contributed by atoms with E-state index in [1.165, 1.54) is 0 Å². The van der Waals surface area contributed by atoms with E-state index in [9.17, 15) is 4.79 Å². The Kier molecular flexibility index (Phi) is 5.12. The van der Waals surface area contributed by atoms with Crippen LogP contribution >= 0.6 is 0 Å². The number of carbonyl (C=O) groups is 1. The number of anilines is 1. The molecule has 0 saturated carbocycles. The van der Waals surface area contributed by atoms with Crippen molar-refractivity contribution >= 4 is 11.6 Å². The highest BCUT2D eigenvalue weighted by molar-refractivity contribution is 5.92. The zero-order valence-electron chi connectivity index (χ0n) is 12.5. The molecule has 0 spiro atoms. The van der Waals surface area contributed by atoms with Crippen LogP contribution in [0.3, 0.4) is 0 Å². The van der Waals surface area contributed by atoms with E-state index in [-0.39, 0.29) is 18.4 Å². The third-order valence-corrected chi connectivity index (χ3v) is 3.49. The highest BCUT2D eigenvalue weighted by atomic mass is 16.1. The van der Waals surface area contributed by atoms with Gasteiger partial charge in [0, 0.05) is 18.2 Å². The van der Waals surface area contributed by atoms with Gasteiger partial charge in [-0.3, -0.25) is 4.79 Å². The lowest BCUT2D eigenvalue weighted by atomic mass is 10.0. The molecule has 1 amide bonds. The number of amides is 1. The first-order valence-electron chi connectivity index (χ1n) is 7.27. The minimum atomic E-state index is -0.280. The predicted octanol–water partition coefficient (Wildman–Crippen LogP) is 3.84. The van der Waals surface area contributed by atoms with Gasteiger partial charge in [-0.15, -0.1) is 0 Å². The smallest absolute Gasteiger partial charge is 0.226 e. The lowest BCUT2D eigenvalue weighted by molar-refractivity contribution is -0.116. The van der Waals surface area contributed by atoms with Gasteiger partial charge in [0.2, 0.25) is 5.91 Å². The maximum Gasteiger partial charge on any atom is 0.226 e.